The van der Waals surface area contributed by atoms with E-state index in [1.807, 2.05) is 6.26 Å². The fourth-order valence-electron chi connectivity index (χ4n) is 2.36. The molecule has 8 heteroatoms. The van der Waals surface area contributed by atoms with Crippen molar-refractivity contribution in [2.75, 3.05) is 24.8 Å². The van der Waals surface area contributed by atoms with E-state index in [0.29, 0.717) is 21.3 Å². The SMILES string of the molecule is CCOC(=O)c1c(C)nn(CC(=O)N(C)c2ccc(Cl)cc2)c1SC. The summed E-state index contributed by atoms with van der Waals surface area (Å²) in [7, 11) is 1.69. The highest BCUT2D eigenvalue weighted by Crippen LogP contribution is 2.25. The van der Waals surface area contributed by atoms with Crippen molar-refractivity contribution < 1.29 is 14.3 Å². The second-order valence-electron chi connectivity index (χ2n) is 5.28. The molecule has 1 heterocycles. The smallest absolute Gasteiger partial charge is 0.342 e. The molecular formula is C17H20ClN3O3S. The van der Waals surface area contributed by atoms with Crippen molar-refractivity contribution in [1.29, 1.82) is 0 Å². The van der Waals surface area contributed by atoms with Crippen molar-refractivity contribution in [1.82, 2.24) is 9.78 Å². The number of aryl methyl sites for hydroxylation is 1. The van der Waals surface area contributed by atoms with Crippen LogP contribution in [-0.4, -0.2) is 41.6 Å². The van der Waals surface area contributed by atoms with Crippen molar-refractivity contribution >= 4 is 40.9 Å². The van der Waals surface area contributed by atoms with E-state index in [4.69, 9.17) is 16.3 Å². The van der Waals surface area contributed by atoms with E-state index in [0.717, 1.165) is 5.69 Å². The normalized spacial score (nSPS) is 10.6. The van der Waals surface area contributed by atoms with Crippen molar-refractivity contribution in [2.24, 2.45) is 0 Å². The number of nitrogens with zero attached hydrogens (tertiary/aromatic N) is 3. The number of esters is 1. The van der Waals surface area contributed by atoms with Gasteiger partial charge in [0, 0.05) is 17.8 Å². The molecule has 0 bridgehead atoms. The largest absolute Gasteiger partial charge is 0.462 e. The molecule has 0 unspecified atom stereocenters. The van der Waals surface area contributed by atoms with Gasteiger partial charge in [0.25, 0.3) is 0 Å². The number of hydrogen-bond donors (Lipinski definition) is 0. The van der Waals surface area contributed by atoms with Gasteiger partial charge in [0.1, 0.15) is 17.1 Å². The first kappa shape index (κ1) is 19.3. The van der Waals surface area contributed by atoms with Gasteiger partial charge < -0.3 is 9.64 Å². The Balaban J connectivity index is 2.24. The van der Waals surface area contributed by atoms with Crippen LogP contribution in [0.3, 0.4) is 0 Å². The van der Waals surface area contributed by atoms with E-state index >= 15 is 0 Å². The van der Waals surface area contributed by atoms with Gasteiger partial charge in [-0.3, -0.25) is 4.79 Å². The lowest BCUT2D eigenvalue weighted by atomic mass is 10.3. The molecule has 1 aromatic carbocycles. The summed E-state index contributed by atoms with van der Waals surface area (Å²) in [5, 5.41) is 5.57. The third kappa shape index (κ3) is 4.35. The summed E-state index contributed by atoms with van der Waals surface area (Å²) in [6.07, 6.45) is 1.84. The maximum Gasteiger partial charge on any atom is 0.342 e. The molecule has 0 spiro atoms. The highest BCUT2D eigenvalue weighted by molar-refractivity contribution is 7.98. The lowest BCUT2D eigenvalue weighted by Gasteiger charge is -2.18. The molecule has 2 rings (SSSR count). The van der Waals surface area contributed by atoms with Crippen molar-refractivity contribution in [2.45, 2.75) is 25.4 Å². The number of anilines is 1. The van der Waals surface area contributed by atoms with Gasteiger partial charge in [-0.25, -0.2) is 9.48 Å². The molecule has 6 nitrogen and oxygen atoms in total. The van der Waals surface area contributed by atoms with Crippen LogP contribution in [0.2, 0.25) is 5.02 Å². The molecule has 0 radical (unpaired) electrons. The molecule has 0 aliphatic carbocycles. The van der Waals surface area contributed by atoms with E-state index in [2.05, 4.69) is 5.10 Å². The zero-order valence-corrected chi connectivity index (χ0v) is 16.1. The molecule has 0 aliphatic rings. The highest BCUT2D eigenvalue weighted by Gasteiger charge is 2.24. The van der Waals surface area contributed by atoms with Gasteiger partial charge in [-0.2, -0.15) is 5.10 Å². The van der Waals surface area contributed by atoms with E-state index < -0.39 is 5.97 Å². The van der Waals surface area contributed by atoms with Crippen LogP contribution in [0.1, 0.15) is 23.0 Å². The number of benzene rings is 1. The third-order valence-electron chi connectivity index (χ3n) is 3.63. The van der Waals surface area contributed by atoms with E-state index in [1.165, 1.54) is 16.7 Å². The molecule has 0 atom stereocenters. The van der Waals surface area contributed by atoms with Crippen LogP contribution >= 0.6 is 23.4 Å². The molecule has 2 aromatic rings. The first-order valence-electron chi connectivity index (χ1n) is 7.69. The summed E-state index contributed by atoms with van der Waals surface area (Å²) in [5.41, 5.74) is 1.69. The first-order valence-corrected chi connectivity index (χ1v) is 9.30. The van der Waals surface area contributed by atoms with Gasteiger partial charge in [0.2, 0.25) is 5.91 Å². The summed E-state index contributed by atoms with van der Waals surface area (Å²) in [5.74, 6) is -0.579. The Hall–Kier alpha value is -1.99. The monoisotopic (exact) mass is 381 g/mol. The standard InChI is InChI=1S/C17H20ClN3O3S/c1-5-24-17(23)15-11(2)19-21(16(15)25-4)10-14(22)20(3)13-8-6-12(18)7-9-13/h6-9H,5,10H2,1-4H3. The Labute approximate surface area is 156 Å². The van der Waals surface area contributed by atoms with Crippen LogP contribution in [0.4, 0.5) is 5.69 Å². The van der Waals surface area contributed by atoms with Crippen LogP contribution in [0.25, 0.3) is 0 Å². The minimum Gasteiger partial charge on any atom is -0.462 e. The summed E-state index contributed by atoms with van der Waals surface area (Å²) in [6.45, 7) is 3.79. The van der Waals surface area contributed by atoms with Crippen molar-refractivity contribution in [3.05, 3.63) is 40.5 Å². The summed E-state index contributed by atoms with van der Waals surface area (Å²) < 4.78 is 6.63. The number of aromatic nitrogens is 2. The fourth-order valence-corrected chi connectivity index (χ4v) is 3.23. The van der Waals surface area contributed by atoms with Gasteiger partial charge in [0.05, 0.1) is 12.3 Å². The predicted molar refractivity (Wildman–Crippen MR) is 99.6 cm³/mol. The number of carbonyl (C=O) groups is 2. The predicted octanol–water partition coefficient (Wildman–Crippen LogP) is 3.41. The average molecular weight is 382 g/mol. The van der Waals surface area contributed by atoms with Crippen LogP contribution in [0, 0.1) is 6.92 Å². The Kier molecular flexibility index (Phi) is 6.50. The third-order valence-corrected chi connectivity index (χ3v) is 4.68. The van der Waals surface area contributed by atoms with Gasteiger partial charge in [-0.05, 0) is 44.4 Å². The second-order valence-corrected chi connectivity index (χ2v) is 6.51. The first-order chi connectivity index (χ1) is 11.9. The number of carbonyl (C=O) groups excluding carboxylic acids is 2. The van der Waals surface area contributed by atoms with E-state index in [9.17, 15) is 9.59 Å². The van der Waals surface area contributed by atoms with Gasteiger partial charge in [-0.1, -0.05) is 11.6 Å². The average Bonchev–Trinajstić information content (AvgIpc) is 2.90. The fraction of sp³-hybridized carbons (Fsp3) is 0.353. The van der Waals surface area contributed by atoms with Gasteiger partial charge in [-0.15, -0.1) is 11.8 Å². The lowest BCUT2D eigenvalue weighted by molar-refractivity contribution is -0.119. The molecule has 0 saturated carbocycles. The van der Waals surface area contributed by atoms with Crippen LogP contribution in [0.5, 0.6) is 0 Å². The number of thioether (sulfide) groups is 1. The Bertz CT molecular complexity index is 774. The minimum atomic E-state index is -0.422. The molecular weight excluding hydrogens is 362 g/mol. The Morgan fingerprint density at radius 1 is 1.32 bits per heavy atom. The molecule has 1 amide bonds. The number of rotatable bonds is 6. The summed E-state index contributed by atoms with van der Waals surface area (Å²) in [4.78, 5) is 26.3. The number of amides is 1. The lowest BCUT2D eigenvalue weighted by Crippen LogP contribution is -2.30. The number of hydrogen-bond acceptors (Lipinski definition) is 5. The number of likely N-dealkylation sites (N-methyl/N-ethyl adjacent to an activating group) is 1. The summed E-state index contributed by atoms with van der Waals surface area (Å²) >= 11 is 7.24. The van der Waals surface area contributed by atoms with Gasteiger partial charge in [0.15, 0.2) is 0 Å². The van der Waals surface area contributed by atoms with Crippen molar-refractivity contribution in [3.8, 4) is 0 Å². The van der Waals surface area contributed by atoms with E-state index in [1.54, 1.807) is 49.8 Å². The topological polar surface area (TPSA) is 64.4 Å². The maximum absolute atomic E-state index is 12.6. The zero-order chi connectivity index (χ0) is 18.6. The number of ether oxygens (including phenoxy) is 1. The maximum atomic E-state index is 12.6. The molecule has 0 fully saturated rings. The highest BCUT2D eigenvalue weighted by atomic mass is 35.5. The minimum absolute atomic E-state index is 0.0234. The van der Waals surface area contributed by atoms with Gasteiger partial charge >= 0.3 is 5.97 Å². The molecule has 25 heavy (non-hydrogen) atoms. The van der Waals surface area contributed by atoms with E-state index in [-0.39, 0.29) is 19.1 Å². The van der Waals surface area contributed by atoms with Crippen LogP contribution < -0.4 is 4.90 Å². The zero-order valence-electron chi connectivity index (χ0n) is 14.6. The van der Waals surface area contributed by atoms with Crippen LogP contribution in [-0.2, 0) is 16.1 Å². The molecule has 1 aromatic heterocycles. The molecule has 0 aliphatic heterocycles. The Morgan fingerprint density at radius 3 is 2.52 bits per heavy atom. The molecule has 134 valence electrons. The Morgan fingerprint density at radius 2 is 1.96 bits per heavy atom. The molecule has 0 N–H and O–H groups in total. The summed E-state index contributed by atoms with van der Waals surface area (Å²) in [6, 6.07) is 7.00. The number of halogens is 1. The quantitative estimate of drug-likeness (QED) is 0.566. The van der Waals surface area contributed by atoms with Crippen LogP contribution in [0.15, 0.2) is 29.3 Å². The second kappa shape index (κ2) is 8.40. The van der Waals surface area contributed by atoms with Crippen molar-refractivity contribution in [3.63, 3.8) is 0 Å². The molecule has 0 saturated heterocycles.